The molecule has 0 bridgehead atoms. The van der Waals surface area contributed by atoms with E-state index in [9.17, 15) is 0 Å². The van der Waals surface area contributed by atoms with Gasteiger partial charge in [0, 0.05) is 38.9 Å². The van der Waals surface area contributed by atoms with Gasteiger partial charge in [0.05, 0.1) is 0 Å². The Kier molecular flexibility index (Phi) is 4.92. The lowest BCUT2D eigenvalue weighted by molar-refractivity contribution is 1.29. The summed E-state index contributed by atoms with van der Waals surface area (Å²) in [6, 6.07) is 41.2. The van der Waals surface area contributed by atoms with Gasteiger partial charge >= 0.3 is 0 Å². The number of aromatic amines is 1. The molecule has 1 heterocycles. The quantitative estimate of drug-likeness (QED) is 0.291. The molecule has 0 amide bonds. The predicted octanol–water partition coefficient (Wildman–Crippen LogP) is 9.07. The number of nitrogens with one attached hydrogen (secondary N) is 1. The van der Waals surface area contributed by atoms with Crippen molar-refractivity contribution in [2.45, 2.75) is 13.8 Å². The van der Waals surface area contributed by atoms with Crippen molar-refractivity contribution in [3.63, 3.8) is 0 Å². The monoisotopic (exact) mass is 438 g/mol. The number of hydrogen-bond acceptors (Lipinski definition) is 1. The summed E-state index contributed by atoms with van der Waals surface area (Å²) >= 11 is 0. The van der Waals surface area contributed by atoms with E-state index >= 15 is 0 Å². The highest BCUT2D eigenvalue weighted by Gasteiger charge is 2.15. The minimum atomic E-state index is 1.14. The van der Waals surface area contributed by atoms with Crippen LogP contribution in [0.2, 0.25) is 0 Å². The minimum Gasteiger partial charge on any atom is -0.355 e. The predicted molar refractivity (Wildman–Crippen MR) is 145 cm³/mol. The molecule has 6 rings (SSSR count). The molecule has 0 saturated heterocycles. The highest BCUT2D eigenvalue weighted by Crippen LogP contribution is 2.38. The largest absolute Gasteiger partial charge is 0.355 e. The van der Waals surface area contributed by atoms with Gasteiger partial charge in [-0.25, -0.2) is 0 Å². The number of fused-ring (bicyclic) bond motifs is 3. The molecule has 0 atom stereocenters. The number of aromatic nitrogens is 1. The molecule has 0 saturated carbocycles. The Morgan fingerprint density at radius 3 is 1.76 bits per heavy atom. The van der Waals surface area contributed by atoms with E-state index in [0.717, 1.165) is 22.6 Å². The fourth-order valence-corrected chi connectivity index (χ4v) is 4.75. The molecule has 6 aromatic rings. The topological polar surface area (TPSA) is 19.0 Å². The fraction of sp³-hybridized carbons (Fsp3) is 0.0625. The number of aryl methyl sites for hydroxylation is 2. The smallest absolute Gasteiger partial charge is 0.0469 e. The third-order valence-electron chi connectivity index (χ3n) is 6.70. The molecule has 0 fully saturated rings. The first-order valence-electron chi connectivity index (χ1n) is 11.7. The van der Waals surface area contributed by atoms with Crippen LogP contribution in [-0.4, -0.2) is 4.98 Å². The molecule has 0 aliphatic rings. The second-order valence-electron chi connectivity index (χ2n) is 8.92. The zero-order chi connectivity index (χ0) is 23.1. The van der Waals surface area contributed by atoms with E-state index in [2.05, 4.69) is 139 Å². The molecule has 164 valence electrons. The molecule has 2 heteroatoms. The molecule has 34 heavy (non-hydrogen) atoms. The van der Waals surface area contributed by atoms with E-state index in [4.69, 9.17) is 0 Å². The summed E-state index contributed by atoms with van der Waals surface area (Å²) in [6.45, 7) is 4.35. The summed E-state index contributed by atoms with van der Waals surface area (Å²) in [6.07, 6.45) is 0. The SMILES string of the molecule is Cc1cc2[nH]c3ccc(N(c4ccccc4)c4ccc(-c5ccccc5)cc4)cc3c2cc1C. The van der Waals surface area contributed by atoms with Crippen LogP contribution in [0.15, 0.2) is 115 Å². The average molecular weight is 439 g/mol. The van der Waals surface area contributed by atoms with Crippen LogP contribution in [0.3, 0.4) is 0 Å². The lowest BCUT2D eigenvalue weighted by Gasteiger charge is -2.25. The number of rotatable bonds is 4. The lowest BCUT2D eigenvalue weighted by Crippen LogP contribution is -2.09. The molecule has 2 nitrogen and oxygen atoms in total. The molecule has 1 N–H and O–H groups in total. The number of para-hydroxylation sites is 1. The third-order valence-corrected chi connectivity index (χ3v) is 6.70. The zero-order valence-corrected chi connectivity index (χ0v) is 19.4. The summed E-state index contributed by atoms with van der Waals surface area (Å²) in [7, 11) is 0. The van der Waals surface area contributed by atoms with Crippen molar-refractivity contribution >= 4 is 38.9 Å². The van der Waals surface area contributed by atoms with E-state index in [-0.39, 0.29) is 0 Å². The summed E-state index contributed by atoms with van der Waals surface area (Å²) in [4.78, 5) is 5.93. The summed E-state index contributed by atoms with van der Waals surface area (Å²) < 4.78 is 0. The maximum atomic E-state index is 3.60. The molecular weight excluding hydrogens is 412 g/mol. The Morgan fingerprint density at radius 1 is 0.471 bits per heavy atom. The van der Waals surface area contributed by atoms with Gasteiger partial charge in [0.2, 0.25) is 0 Å². The van der Waals surface area contributed by atoms with Gasteiger partial charge in [-0.3, -0.25) is 0 Å². The van der Waals surface area contributed by atoms with Crippen molar-refractivity contribution in [2.24, 2.45) is 0 Å². The van der Waals surface area contributed by atoms with Crippen LogP contribution in [0.1, 0.15) is 11.1 Å². The molecule has 0 unspecified atom stereocenters. The van der Waals surface area contributed by atoms with Crippen molar-refractivity contribution in [3.8, 4) is 11.1 Å². The maximum absolute atomic E-state index is 3.60. The van der Waals surface area contributed by atoms with Crippen LogP contribution in [0, 0.1) is 13.8 Å². The van der Waals surface area contributed by atoms with E-state index < -0.39 is 0 Å². The van der Waals surface area contributed by atoms with Crippen molar-refractivity contribution in [1.29, 1.82) is 0 Å². The lowest BCUT2D eigenvalue weighted by atomic mass is 10.0. The van der Waals surface area contributed by atoms with Crippen LogP contribution >= 0.6 is 0 Å². The standard InChI is InChI=1S/C32H26N2/c1-22-19-29-30-21-28(17-18-31(30)33-32(29)20-23(22)2)34(26-11-7-4-8-12-26)27-15-13-25(14-16-27)24-9-5-3-6-10-24/h3-21,33H,1-2H3. The Balaban J connectivity index is 1.50. The van der Waals surface area contributed by atoms with E-state index in [1.807, 2.05) is 0 Å². The van der Waals surface area contributed by atoms with Crippen LogP contribution in [0.5, 0.6) is 0 Å². The maximum Gasteiger partial charge on any atom is 0.0469 e. The summed E-state index contributed by atoms with van der Waals surface area (Å²) in [5.41, 5.74) is 10.8. The minimum absolute atomic E-state index is 1.14. The average Bonchev–Trinajstić information content (AvgIpc) is 3.23. The van der Waals surface area contributed by atoms with Crippen molar-refractivity contribution in [1.82, 2.24) is 4.98 Å². The Labute approximate surface area is 200 Å². The molecule has 0 spiro atoms. The molecule has 0 aliphatic heterocycles. The van der Waals surface area contributed by atoms with Crippen molar-refractivity contribution in [2.75, 3.05) is 4.90 Å². The number of hydrogen-bond donors (Lipinski definition) is 1. The summed E-state index contributed by atoms with van der Waals surface area (Å²) in [5.74, 6) is 0. The fourth-order valence-electron chi connectivity index (χ4n) is 4.75. The highest BCUT2D eigenvalue weighted by molar-refractivity contribution is 6.09. The van der Waals surface area contributed by atoms with Gasteiger partial charge in [-0.05, 0) is 90.7 Å². The van der Waals surface area contributed by atoms with Gasteiger partial charge in [-0.2, -0.15) is 0 Å². The Hall–Kier alpha value is -4.30. The van der Waals surface area contributed by atoms with Crippen LogP contribution in [-0.2, 0) is 0 Å². The highest BCUT2D eigenvalue weighted by atomic mass is 15.1. The molecule has 1 aromatic heterocycles. The molecule has 5 aromatic carbocycles. The van der Waals surface area contributed by atoms with Crippen LogP contribution in [0.25, 0.3) is 32.9 Å². The number of benzene rings is 5. The Bertz CT molecular complexity index is 1590. The van der Waals surface area contributed by atoms with Gasteiger partial charge in [0.25, 0.3) is 0 Å². The van der Waals surface area contributed by atoms with Crippen molar-refractivity contribution in [3.05, 3.63) is 126 Å². The zero-order valence-electron chi connectivity index (χ0n) is 19.4. The van der Waals surface area contributed by atoms with Gasteiger partial charge in [0.15, 0.2) is 0 Å². The summed E-state index contributed by atoms with van der Waals surface area (Å²) in [5, 5.41) is 2.52. The van der Waals surface area contributed by atoms with Gasteiger partial charge in [-0.15, -0.1) is 0 Å². The van der Waals surface area contributed by atoms with E-state index in [0.29, 0.717) is 0 Å². The van der Waals surface area contributed by atoms with Crippen LogP contribution in [0.4, 0.5) is 17.1 Å². The van der Waals surface area contributed by atoms with Gasteiger partial charge in [0.1, 0.15) is 0 Å². The first-order chi connectivity index (χ1) is 16.7. The second kappa shape index (κ2) is 8.24. The number of anilines is 3. The first kappa shape index (κ1) is 20.3. The Morgan fingerprint density at radius 2 is 1.03 bits per heavy atom. The third kappa shape index (κ3) is 3.54. The van der Waals surface area contributed by atoms with Crippen molar-refractivity contribution < 1.29 is 0 Å². The number of H-pyrrole nitrogens is 1. The molecular formula is C32H26N2. The normalized spacial score (nSPS) is 11.2. The second-order valence-corrected chi connectivity index (χ2v) is 8.92. The van der Waals surface area contributed by atoms with Gasteiger partial charge in [-0.1, -0.05) is 60.7 Å². The van der Waals surface area contributed by atoms with E-state index in [1.165, 1.54) is 38.5 Å². The molecule has 0 radical (unpaired) electrons. The molecule has 0 aliphatic carbocycles. The number of nitrogens with zero attached hydrogens (tertiary/aromatic N) is 1. The van der Waals surface area contributed by atoms with Crippen LogP contribution < -0.4 is 4.90 Å². The van der Waals surface area contributed by atoms with Gasteiger partial charge < -0.3 is 9.88 Å². The van der Waals surface area contributed by atoms with E-state index in [1.54, 1.807) is 0 Å². The first-order valence-corrected chi connectivity index (χ1v) is 11.7.